The molecule has 0 aliphatic rings. The van der Waals surface area contributed by atoms with E-state index in [1.165, 1.54) is 11.6 Å². The van der Waals surface area contributed by atoms with E-state index in [1.54, 1.807) is 12.1 Å². The van der Waals surface area contributed by atoms with Crippen LogP contribution in [0.2, 0.25) is 5.02 Å². The lowest BCUT2D eigenvalue weighted by Gasteiger charge is -2.10. The summed E-state index contributed by atoms with van der Waals surface area (Å²) in [6, 6.07) is 19.1. The third-order valence-electron chi connectivity index (χ3n) is 4.94. The Hall–Kier alpha value is -2.78. The van der Waals surface area contributed by atoms with Crippen molar-refractivity contribution in [2.45, 2.75) is 13.3 Å². The molecule has 28 heavy (non-hydrogen) atoms. The molecule has 0 radical (unpaired) electrons. The molecule has 4 aromatic carbocycles. The van der Waals surface area contributed by atoms with Gasteiger partial charge >= 0.3 is 0 Å². The normalized spacial score (nSPS) is 11.2. The van der Waals surface area contributed by atoms with Gasteiger partial charge in [-0.05, 0) is 52.3 Å². The molecule has 4 rings (SSSR count). The van der Waals surface area contributed by atoms with Crippen molar-refractivity contribution in [3.8, 4) is 22.3 Å². The molecule has 0 amide bonds. The summed E-state index contributed by atoms with van der Waals surface area (Å²) in [6.45, 7) is 2.10. The lowest BCUT2D eigenvalue weighted by Crippen LogP contribution is -1.91. The van der Waals surface area contributed by atoms with Crippen LogP contribution in [0.25, 0.3) is 33.0 Å². The second-order valence-electron chi connectivity index (χ2n) is 6.67. The van der Waals surface area contributed by atoms with Crippen molar-refractivity contribution < 1.29 is 13.2 Å². The van der Waals surface area contributed by atoms with Gasteiger partial charge in [-0.25, -0.2) is 13.2 Å². The molecule has 0 aliphatic carbocycles. The third kappa shape index (κ3) is 3.27. The number of hydrogen-bond donors (Lipinski definition) is 0. The lowest BCUT2D eigenvalue weighted by molar-refractivity contribution is 0.584. The summed E-state index contributed by atoms with van der Waals surface area (Å²) >= 11 is 5.52. The number of aryl methyl sites for hydroxylation is 1. The highest BCUT2D eigenvalue weighted by Crippen LogP contribution is 2.34. The van der Waals surface area contributed by atoms with Crippen molar-refractivity contribution in [1.82, 2.24) is 0 Å². The Kier molecular flexibility index (Phi) is 4.86. The third-order valence-corrected chi connectivity index (χ3v) is 5.31. The van der Waals surface area contributed by atoms with Crippen LogP contribution in [0.4, 0.5) is 13.2 Å². The van der Waals surface area contributed by atoms with Gasteiger partial charge in [-0.1, -0.05) is 67.1 Å². The minimum absolute atomic E-state index is 0.109. The van der Waals surface area contributed by atoms with E-state index >= 15 is 4.39 Å². The number of rotatable bonds is 3. The average molecular weight is 397 g/mol. The zero-order valence-corrected chi connectivity index (χ0v) is 15.8. The fourth-order valence-corrected chi connectivity index (χ4v) is 3.45. The molecule has 0 heterocycles. The average Bonchev–Trinajstić information content (AvgIpc) is 2.72. The summed E-state index contributed by atoms with van der Waals surface area (Å²) in [5.41, 5.74) is 3.51. The molecule has 0 atom stereocenters. The summed E-state index contributed by atoms with van der Waals surface area (Å²) in [4.78, 5) is 0. The van der Waals surface area contributed by atoms with Crippen LogP contribution < -0.4 is 0 Å². The molecule has 0 N–H and O–H groups in total. The minimum Gasteiger partial charge on any atom is -0.206 e. The number of hydrogen-bond acceptors (Lipinski definition) is 0. The van der Waals surface area contributed by atoms with E-state index < -0.39 is 22.5 Å². The molecule has 4 aromatic rings. The molecule has 0 fully saturated rings. The topological polar surface area (TPSA) is 0 Å². The summed E-state index contributed by atoms with van der Waals surface area (Å²) in [5, 5.41) is 0.513. The van der Waals surface area contributed by atoms with E-state index in [9.17, 15) is 8.78 Å². The summed E-state index contributed by atoms with van der Waals surface area (Å²) in [7, 11) is 0. The highest BCUT2D eigenvalue weighted by atomic mass is 35.5. The predicted molar refractivity (Wildman–Crippen MR) is 109 cm³/mol. The quantitative estimate of drug-likeness (QED) is 0.310. The van der Waals surface area contributed by atoms with Gasteiger partial charge in [-0.2, -0.15) is 0 Å². The first kappa shape index (κ1) is 18.6. The first-order valence-electron chi connectivity index (χ1n) is 8.94. The van der Waals surface area contributed by atoms with Crippen LogP contribution in [-0.4, -0.2) is 0 Å². The van der Waals surface area contributed by atoms with Gasteiger partial charge in [0.15, 0.2) is 0 Å². The Morgan fingerprint density at radius 1 is 0.714 bits per heavy atom. The maximum absolute atomic E-state index is 15.1. The van der Waals surface area contributed by atoms with Crippen LogP contribution in [0.5, 0.6) is 0 Å². The van der Waals surface area contributed by atoms with E-state index in [1.807, 2.05) is 24.3 Å². The van der Waals surface area contributed by atoms with Crippen LogP contribution >= 0.6 is 11.6 Å². The Morgan fingerprint density at radius 3 is 2.00 bits per heavy atom. The highest BCUT2D eigenvalue weighted by Gasteiger charge is 2.15. The first-order chi connectivity index (χ1) is 13.5. The molecule has 0 spiro atoms. The standard InChI is InChI=1S/C24H16ClF3/c1-2-14-3-5-15(6-4-14)16-7-9-19-17(11-16)8-10-20(24(19)28)18-12-21(26)23(25)22(27)13-18/h3-13H,2H2,1H3. The van der Waals surface area contributed by atoms with Crippen LogP contribution in [0.3, 0.4) is 0 Å². The number of fused-ring (bicyclic) bond motifs is 1. The van der Waals surface area contributed by atoms with Crippen molar-refractivity contribution in [3.05, 3.63) is 94.8 Å². The van der Waals surface area contributed by atoms with Crippen molar-refractivity contribution in [2.75, 3.05) is 0 Å². The smallest absolute Gasteiger partial charge is 0.145 e. The Bertz CT molecular complexity index is 1160. The molecule has 0 nitrogen and oxygen atoms in total. The second-order valence-corrected chi connectivity index (χ2v) is 7.05. The van der Waals surface area contributed by atoms with Crippen molar-refractivity contribution in [3.63, 3.8) is 0 Å². The number of benzene rings is 4. The summed E-state index contributed by atoms with van der Waals surface area (Å²) in [5.74, 6) is -2.35. The molecule has 4 heteroatoms. The van der Waals surface area contributed by atoms with Crippen LogP contribution in [0.1, 0.15) is 12.5 Å². The lowest BCUT2D eigenvalue weighted by atomic mass is 9.96. The van der Waals surface area contributed by atoms with Gasteiger partial charge in [0, 0.05) is 10.9 Å². The summed E-state index contributed by atoms with van der Waals surface area (Å²) in [6.07, 6.45) is 0.970. The predicted octanol–water partition coefficient (Wildman–Crippen LogP) is 7.81. The van der Waals surface area contributed by atoms with E-state index in [0.29, 0.717) is 10.8 Å². The molecule has 0 saturated heterocycles. The molecule has 0 aliphatic heterocycles. The van der Waals surface area contributed by atoms with Gasteiger partial charge < -0.3 is 0 Å². The zero-order valence-electron chi connectivity index (χ0n) is 15.1. The van der Waals surface area contributed by atoms with Crippen LogP contribution in [0, 0.1) is 17.5 Å². The van der Waals surface area contributed by atoms with Gasteiger partial charge in [0.25, 0.3) is 0 Å². The SMILES string of the molecule is CCc1ccc(-c2ccc3c(F)c(-c4cc(F)c(Cl)c(F)c4)ccc3c2)cc1. The van der Waals surface area contributed by atoms with E-state index in [0.717, 1.165) is 29.7 Å². The molecule has 0 unspecified atom stereocenters. The van der Waals surface area contributed by atoms with E-state index in [2.05, 4.69) is 19.1 Å². The van der Waals surface area contributed by atoms with Gasteiger partial charge in [0.1, 0.15) is 22.5 Å². The van der Waals surface area contributed by atoms with Gasteiger partial charge in [0.2, 0.25) is 0 Å². The fourth-order valence-electron chi connectivity index (χ4n) is 3.34. The van der Waals surface area contributed by atoms with E-state index in [4.69, 9.17) is 11.6 Å². The maximum Gasteiger partial charge on any atom is 0.145 e. The first-order valence-corrected chi connectivity index (χ1v) is 9.32. The van der Waals surface area contributed by atoms with E-state index in [-0.39, 0.29) is 11.1 Å². The van der Waals surface area contributed by atoms with Crippen molar-refractivity contribution >= 4 is 22.4 Å². The Labute approximate surface area is 166 Å². The number of halogens is 4. The molecular weight excluding hydrogens is 381 g/mol. The Balaban J connectivity index is 1.80. The monoisotopic (exact) mass is 396 g/mol. The zero-order chi connectivity index (χ0) is 19.8. The molecular formula is C24H16ClF3. The van der Waals surface area contributed by atoms with Crippen molar-refractivity contribution in [1.29, 1.82) is 0 Å². The minimum atomic E-state index is -0.915. The van der Waals surface area contributed by atoms with Crippen molar-refractivity contribution in [2.24, 2.45) is 0 Å². The van der Waals surface area contributed by atoms with Crippen LogP contribution in [-0.2, 0) is 6.42 Å². The molecule has 140 valence electrons. The van der Waals surface area contributed by atoms with Crippen LogP contribution in [0.15, 0.2) is 66.7 Å². The highest BCUT2D eigenvalue weighted by molar-refractivity contribution is 6.31. The summed E-state index contributed by atoms with van der Waals surface area (Å²) < 4.78 is 42.6. The molecule has 0 aromatic heterocycles. The largest absolute Gasteiger partial charge is 0.206 e. The van der Waals surface area contributed by atoms with Gasteiger partial charge in [-0.15, -0.1) is 0 Å². The van der Waals surface area contributed by atoms with Gasteiger partial charge in [0.05, 0.1) is 0 Å². The maximum atomic E-state index is 15.1. The van der Waals surface area contributed by atoms with Gasteiger partial charge in [-0.3, -0.25) is 0 Å². The molecule has 0 bridgehead atoms. The fraction of sp³-hybridized carbons (Fsp3) is 0.0833. The Morgan fingerprint density at radius 2 is 1.36 bits per heavy atom. The molecule has 0 saturated carbocycles. The second kappa shape index (κ2) is 7.33.